The molecule has 158 valence electrons. The summed E-state index contributed by atoms with van der Waals surface area (Å²) < 4.78 is 16.2. The van der Waals surface area contributed by atoms with E-state index in [0.29, 0.717) is 36.0 Å². The molecule has 1 aromatic heterocycles. The number of carbonyl (C=O) groups is 2. The van der Waals surface area contributed by atoms with E-state index >= 15 is 0 Å². The number of aromatic amines is 1. The lowest BCUT2D eigenvalue weighted by Gasteiger charge is -2.13. The molecule has 0 radical (unpaired) electrons. The predicted molar refractivity (Wildman–Crippen MR) is 115 cm³/mol. The normalized spacial score (nSPS) is 10.7. The lowest BCUT2D eigenvalue weighted by molar-refractivity contribution is -0.119. The van der Waals surface area contributed by atoms with Crippen LogP contribution in [-0.2, 0) is 9.53 Å². The second kappa shape index (κ2) is 9.35. The van der Waals surface area contributed by atoms with Gasteiger partial charge in [-0.25, -0.2) is 4.79 Å². The summed E-state index contributed by atoms with van der Waals surface area (Å²) in [5, 5.41) is 3.66. The SMILES string of the molecule is CCOc1ccc(NC(=O)COC(=O)c2ccc3[nH]c(C)c(C)c3c2)cc1OCC. The summed E-state index contributed by atoms with van der Waals surface area (Å²) in [4.78, 5) is 27.9. The smallest absolute Gasteiger partial charge is 0.338 e. The van der Waals surface area contributed by atoms with Crippen molar-refractivity contribution in [3.8, 4) is 11.5 Å². The van der Waals surface area contributed by atoms with Gasteiger partial charge in [0.2, 0.25) is 0 Å². The molecule has 0 aliphatic rings. The number of amides is 1. The summed E-state index contributed by atoms with van der Waals surface area (Å²) in [6, 6.07) is 10.4. The first-order valence-electron chi connectivity index (χ1n) is 9.88. The number of aromatic nitrogens is 1. The van der Waals surface area contributed by atoms with E-state index in [1.165, 1.54) is 0 Å². The first-order chi connectivity index (χ1) is 14.4. The van der Waals surface area contributed by atoms with Crippen molar-refractivity contribution >= 4 is 28.5 Å². The van der Waals surface area contributed by atoms with Gasteiger partial charge in [0, 0.05) is 28.4 Å². The van der Waals surface area contributed by atoms with Crippen molar-refractivity contribution in [1.82, 2.24) is 4.98 Å². The van der Waals surface area contributed by atoms with Crippen molar-refractivity contribution in [3.63, 3.8) is 0 Å². The van der Waals surface area contributed by atoms with Crippen LogP contribution in [0.4, 0.5) is 5.69 Å². The van der Waals surface area contributed by atoms with Gasteiger partial charge in [0.25, 0.3) is 5.91 Å². The minimum Gasteiger partial charge on any atom is -0.490 e. The van der Waals surface area contributed by atoms with Crippen molar-refractivity contribution in [2.75, 3.05) is 25.1 Å². The highest BCUT2D eigenvalue weighted by Gasteiger charge is 2.14. The third kappa shape index (κ3) is 4.74. The number of benzene rings is 2. The van der Waals surface area contributed by atoms with Crippen molar-refractivity contribution in [3.05, 3.63) is 53.2 Å². The van der Waals surface area contributed by atoms with Gasteiger partial charge in [-0.15, -0.1) is 0 Å². The van der Waals surface area contributed by atoms with Gasteiger partial charge < -0.3 is 24.5 Å². The van der Waals surface area contributed by atoms with Crippen molar-refractivity contribution < 1.29 is 23.8 Å². The predicted octanol–water partition coefficient (Wildman–Crippen LogP) is 4.38. The molecule has 0 bridgehead atoms. The zero-order chi connectivity index (χ0) is 21.7. The number of ether oxygens (including phenoxy) is 3. The summed E-state index contributed by atoms with van der Waals surface area (Å²) in [6.45, 7) is 8.32. The van der Waals surface area contributed by atoms with Gasteiger partial charge in [0.1, 0.15) is 0 Å². The molecule has 2 aromatic carbocycles. The van der Waals surface area contributed by atoms with Gasteiger partial charge in [-0.1, -0.05) is 0 Å². The molecule has 3 aromatic rings. The standard InChI is InChI=1S/C23H26N2O5/c1-5-28-20-10-8-17(12-21(20)29-6-2)25-22(26)13-30-23(27)16-7-9-19-18(11-16)14(3)15(4)24-19/h7-12,24H,5-6,13H2,1-4H3,(H,25,26). The summed E-state index contributed by atoms with van der Waals surface area (Å²) >= 11 is 0. The Balaban J connectivity index is 1.62. The maximum atomic E-state index is 12.4. The summed E-state index contributed by atoms with van der Waals surface area (Å²) in [6.07, 6.45) is 0. The molecule has 0 fully saturated rings. The van der Waals surface area contributed by atoms with Crippen molar-refractivity contribution in [2.45, 2.75) is 27.7 Å². The summed E-state index contributed by atoms with van der Waals surface area (Å²) in [5.74, 6) is 0.158. The molecule has 7 heteroatoms. The molecule has 0 aliphatic heterocycles. The molecular formula is C23H26N2O5. The van der Waals surface area contributed by atoms with Crippen LogP contribution >= 0.6 is 0 Å². The van der Waals surface area contributed by atoms with E-state index in [4.69, 9.17) is 14.2 Å². The highest BCUT2D eigenvalue weighted by Crippen LogP contribution is 2.30. The quantitative estimate of drug-likeness (QED) is 0.538. The molecule has 0 unspecified atom stereocenters. The largest absolute Gasteiger partial charge is 0.490 e. The number of rotatable bonds is 8. The second-order valence-corrected chi connectivity index (χ2v) is 6.79. The van der Waals surface area contributed by atoms with Crippen LogP contribution in [0.1, 0.15) is 35.5 Å². The van der Waals surface area contributed by atoms with Crippen LogP contribution in [-0.4, -0.2) is 36.7 Å². The number of carbonyl (C=O) groups excluding carboxylic acids is 2. The van der Waals surface area contributed by atoms with E-state index in [-0.39, 0.29) is 6.61 Å². The average Bonchev–Trinajstić information content (AvgIpc) is 3.01. The van der Waals surface area contributed by atoms with Gasteiger partial charge in [-0.2, -0.15) is 0 Å². The van der Waals surface area contributed by atoms with Gasteiger partial charge >= 0.3 is 5.97 Å². The Labute approximate surface area is 175 Å². The van der Waals surface area contributed by atoms with Crippen LogP contribution in [0.15, 0.2) is 36.4 Å². The van der Waals surface area contributed by atoms with Crippen LogP contribution in [0.25, 0.3) is 10.9 Å². The molecular weight excluding hydrogens is 384 g/mol. The fourth-order valence-electron chi connectivity index (χ4n) is 3.13. The van der Waals surface area contributed by atoms with Gasteiger partial charge in [-0.3, -0.25) is 4.79 Å². The third-order valence-corrected chi connectivity index (χ3v) is 4.71. The van der Waals surface area contributed by atoms with E-state index in [2.05, 4.69) is 10.3 Å². The summed E-state index contributed by atoms with van der Waals surface area (Å²) in [5.41, 5.74) is 4.02. The average molecular weight is 410 g/mol. The van der Waals surface area contributed by atoms with E-state index in [9.17, 15) is 9.59 Å². The fraction of sp³-hybridized carbons (Fsp3) is 0.304. The Hall–Kier alpha value is -3.48. The van der Waals surface area contributed by atoms with Crippen LogP contribution in [0.5, 0.6) is 11.5 Å². The minimum absolute atomic E-state index is 0.390. The lowest BCUT2D eigenvalue weighted by atomic mass is 10.1. The number of aryl methyl sites for hydroxylation is 2. The zero-order valence-electron chi connectivity index (χ0n) is 17.6. The van der Waals surface area contributed by atoms with Crippen molar-refractivity contribution in [2.24, 2.45) is 0 Å². The van der Waals surface area contributed by atoms with Crippen molar-refractivity contribution in [1.29, 1.82) is 0 Å². The van der Waals surface area contributed by atoms with E-state index in [1.807, 2.05) is 33.8 Å². The molecule has 1 amide bonds. The van der Waals surface area contributed by atoms with E-state index < -0.39 is 11.9 Å². The fourth-order valence-corrected chi connectivity index (χ4v) is 3.13. The third-order valence-electron chi connectivity index (χ3n) is 4.71. The maximum Gasteiger partial charge on any atom is 0.338 e. The molecule has 0 aliphatic carbocycles. The Morgan fingerprint density at radius 1 is 0.967 bits per heavy atom. The van der Waals surface area contributed by atoms with Gasteiger partial charge in [0.05, 0.1) is 18.8 Å². The monoisotopic (exact) mass is 410 g/mol. The molecule has 0 spiro atoms. The molecule has 1 heterocycles. The molecule has 0 saturated heterocycles. The first kappa shape index (κ1) is 21.2. The van der Waals surface area contributed by atoms with Crippen LogP contribution in [0.3, 0.4) is 0 Å². The minimum atomic E-state index is -0.549. The second-order valence-electron chi connectivity index (χ2n) is 6.79. The Morgan fingerprint density at radius 3 is 2.43 bits per heavy atom. The number of anilines is 1. The summed E-state index contributed by atoms with van der Waals surface area (Å²) in [7, 11) is 0. The molecule has 3 rings (SSSR count). The number of hydrogen-bond acceptors (Lipinski definition) is 5. The zero-order valence-corrected chi connectivity index (χ0v) is 17.6. The van der Waals surface area contributed by atoms with Crippen LogP contribution in [0, 0.1) is 13.8 Å². The van der Waals surface area contributed by atoms with Gasteiger partial charge in [0.15, 0.2) is 18.1 Å². The maximum absolute atomic E-state index is 12.4. The highest BCUT2D eigenvalue weighted by atomic mass is 16.5. The molecule has 2 N–H and O–H groups in total. The molecule has 30 heavy (non-hydrogen) atoms. The Bertz CT molecular complexity index is 1070. The van der Waals surface area contributed by atoms with Crippen LogP contribution in [0.2, 0.25) is 0 Å². The molecule has 0 atom stereocenters. The highest BCUT2D eigenvalue weighted by molar-refractivity contribution is 5.98. The number of esters is 1. The molecule has 7 nitrogen and oxygen atoms in total. The van der Waals surface area contributed by atoms with E-state index in [1.54, 1.807) is 30.3 Å². The molecule has 0 saturated carbocycles. The number of hydrogen-bond donors (Lipinski definition) is 2. The topological polar surface area (TPSA) is 89.6 Å². The van der Waals surface area contributed by atoms with Crippen LogP contribution < -0.4 is 14.8 Å². The lowest BCUT2D eigenvalue weighted by Crippen LogP contribution is -2.21. The number of H-pyrrole nitrogens is 1. The van der Waals surface area contributed by atoms with E-state index in [0.717, 1.165) is 22.2 Å². The Kier molecular flexibility index (Phi) is 6.61. The number of fused-ring (bicyclic) bond motifs is 1. The number of nitrogens with one attached hydrogen (secondary N) is 2. The Morgan fingerprint density at radius 2 is 1.70 bits per heavy atom. The van der Waals surface area contributed by atoms with Gasteiger partial charge in [-0.05, 0) is 63.6 Å². The first-order valence-corrected chi connectivity index (χ1v) is 9.88.